The van der Waals surface area contributed by atoms with E-state index in [0.717, 1.165) is 41.7 Å². The fraction of sp³-hybridized carbons (Fsp3) is 0.421. The number of nitrogens with one attached hydrogen (secondary N) is 1. The average molecular weight is 409 g/mol. The van der Waals surface area contributed by atoms with E-state index in [1.807, 2.05) is 24.3 Å². The van der Waals surface area contributed by atoms with Crippen molar-refractivity contribution in [2.24, 2.45) is 0 Å². The summed E-state index contributed by atoms with van der Waals surface area (Å²) in [6.45, 7) is 1.92. The normalized spacial score (nSPS) is 15.6. The van der Waals surface area contributed by atoms with Gasteiger partial charge in [0.1, 0.15) is 9.77 Å². The molecule has 1 aliphatic heterocycles. The highest BCUT2D eigenvalue weighted by Crippen LogP contribution is 2.27. The van der Waals surface area contributed by atoms with Gasteiger partial charge in [0.15, 0.2) is 0 Å². The number of amides is 1. The van der Waals surface area contributed by atoms with Crippen molar-refractivity contribution in [1.82, 2.24) is 9.62 Å². The molecule has 1 saturated heterocycles. The Morgan fingerprint density at radius 2 is 1.78 bits per heavy atom. The lowest BCUT2D eigenvalue weighted by Crippen LogP contribution is -2.36. The SMILES string of the molecule is COCc1ccc(CNC(=O)c2sccc2S(=O)(=O)N2CCCCC2)cc1. The summed E-state index contributed by atoms with van der Waals surface area (Å²) in [4.78, 5) is 13.0. The molecule has 2 heterocycles. The highest BCUT2D eigenvalue weighted by Gasteiger charge is 2.30. The molecule has 1 aromatic carbocycles. The molecule has 1 amide bonds. The molecule has 0 saturated carbocycles. The van der Waals surface area contributed by atoms with Crippen LogP contribution in [-0.2, 0) is 27.9 Å². The van der Waals surface area contributed by atoms with Gasteiger partial charge in [-0.2, -0.15) is 4.31 Å². The molecular formula is C19H24N2O4S2. The van der Waals surface area contributed by atoms with Crippen LogP contribution in [0.3, 0.4) is 0 Å². The summed E-state index contributed by atoms with van der Waals surface area (Å²) < 4.78 is 32.3. The number of piperidine rings is 1. The van der Waals surface area contributed by atoms with Crippen molar-refractivity contribution in [3.63, 3.8) is 0 Å². The number of methoxy groups -OCH3 is 1. The van der Waals surface area contributed by atoms with Gasteiger partial charge in [0.05, 0.1) is 6.61 Å². The summed E-state index contributed by atoms with van der Waals surface area (Å²) in [5, 5.41) is 4.48. The predicted octanol–water partition coefficient (Wildman–Crippen LogP) is 3.00. The molecule has 0 spiro atoms. The molecule has 0 atom stereocenters. The van der Waals surface area contributed by atoms with Crippen molar-refractivity contribution in [1.29, 1.82) is 0 Å². The minimum Gasteiger partial charge on any atom is -0.380 e. The third kappa shape index (κ3) is 4.76. The molecule has 0 bridgehead atoms. The Kier molecular flexibility index (Phi) is 6.64. The Labute approximate surface area is 164 Å². The number of hydrogen-bond acceptors (Lipinski definition) is 5. The molecule has 1 aliphatic rings. The summed E-state index contributed by atoms with van der Waals surface area (Å²) in [5.41, 5.74) is 2.00. The van der Waals surface area contributed by atoms with Gasteiger partial charge in [-0.05, 0) is 35.4 Å². The van der Waals surface area contributed by atoms with Crippen LogP contribution >= 0.6 is 11.3 Å². The topological polar surface area (TPSA) is 75.7 Å². The molecule has 1 N–H and O–H groups in total. The first kappa shape index (κ1) is 20.0. The second-order valence-electron chi connectivity index (χ2n) is 6.51. The van der Waals surface area contributed by atoms with Crippen LogP contribution in [0.4, 0.5) is 0 Å². The Hall–Kier alpha value is -1.74. The summed E-state index contributed by atoms with van der Waals surface area (Å²) in [6, 6.07) is 9.27. The van der Waals surface area contributed by atoms with E-state index in [4.69, 9.17) is 4.74 Å². The first-order valence-electron chi connectivity index (χ1n) is 8.95. The molecule has 6 nitrogen and oxygen atoms in total. The Morgan fingerprint density at radius 3 is 2.44 bits per heavy atom. The van der Waals surface area contributed by atoms with E-state index in [2.05, 4.69) is 5.32 Å². The van der Waals surface area contributed by atoms with Gasteiger partial charge in [0.2, 0.25) is 10.0 Å². The third-order valence-electron chi connectivity index (χ3n) is 4.56. The van der Waals surface area contributed by atoms with Crippen LogP contribution < -0.4 is 5.32 Å². The van der Waals surface area contributed by atoms with Crippen LogP contribution in [0.1, 0.15) is 40.1 Å². The molecule has 2 aromatic rings. The van der Waals surface area contributed by atoms with Crippen LogP contribution in [0, 0.1) is 0 Å². The number of nitrogens with zero attached hydrogens (tertiary/aromatic N) is 1. The van der Waals surface area contributed by atoms with Gasteiger partial charge in [0, 0.05) is 26.7 Å². The van der Waals surface area contributed by atoms with Gasteiger partial charge in [0.25, 0.3) is 5.91 Å². The van der Waals surface area contributed by atoms with Gasteiger partial charge in [-0.25, -0.2) is 8.42 Å². The van der Waals surface area contributed by atoms with E-state index in [-0.39, 0.29) is 15.7 Å². The summed E-state index contributed by atoms with van der Waals surface area (Å²) in [6.07, 6.45) is 2.78. The van der Waals surface area contributed by atoms with Gasteiger partial charge in [-0.1, -0.05) is 30.7 Å². The van der Waals surface area contributed by atoms with Crippen LogP contribution in [0.5, 0.6) is 0 Å². The highest BCUT2D eigenvalue weighted by molar-refractivity contribution is 7.89. The zero-order chi connectivity index (χ0) is 19.3. The average Bonchev–Trinajstić information content (AvgIpc) is 3.19. The van der Waals surface area contributed by atoms with Crippen LogP contribution in [0.15, 0.2) is 40.6 Å². The number of sulfonamides is 1. The van der Waals surface area contributed by atoms with Crippen molar-refractivity contribution in [3.05, 3.63) is 51.7 Å². The third-order valence-corrected chi connectivity index (χ3v) is 7.54. The molecule has 27 heavy (non-hydrogen) atoms. The van der Waals surface area contributed by atoms with Crippen molar-refractivity contribution in [3.8, 4) is 0 Å². The molecule has 1 fully saturated rings. The maximum absolute atomic E-state index is 12.9. The molecular weight excluding hydrogens is 384 g/mol. The highest BCUT2D eigenvalue weighted by atomic mass is 32.2. The fourth-order valence-corrected chi connectivity index (χ4v) is 5.93. The predicted molar refractivity (Wildman–Crippen MR) is 105 cm³/mol. The first-order valence-corrected chi connectivity index (χ1v) is 11.3. The second-order valence-corrected chi connectivity index (χ2v) is 9.33. The van der Waals surface area contributed by atoms with E-state index in [0.29, 0.717) is 26.2 Å². The van der Waals surface area contributed by atoms with Crippen LogP contribution in [0.2, 0.25) is 0 Å². The Morgan fingerprint density at radius 1 is 1.11 bits per heavy atom. The summed E-state index contributed by atoms with van der Waals surface area (Å²) in [5.74, 6) is -0.360. The van der Waals surface area contributed by atoms with Crippen molar-refractivity contribution >= 4 is 27.3 Å². The van der Waals surface area contributed by atoms with E-state index in [1.54, 1.807) is 12.5 Å². The number of carbonyl (C=O) groups is 1. The number of ether oxygens (including phenoxy) is 1. The number of carbonyl (C=O) groups excluding carboxylic acids is 1. The van der Waals surface area contributed by atoms with E-state index >= 15 is 0 Å². The molecule has 0 unspecified atom stereocenters. The van der Waals surface area contributed by atoms with Crippen molar-refractivity contribution in [2.45, 2.75) is 37.3 Å². The minimum absolute atomic E-state index is 0.113. The molecule has 0 aliphatic carbocycles. The Balaban J connectivity index is 1.68. The number of benzene rings is 1. The van der Waals surface area contributed by atoms with Crippen molar-refractivity contribution in [2.75, 3.05) is 20.2 Å². The van der Waals surface area contributed by atoms with E-state index in [1.165, 1.54) is 10.4 Å². The monoisotopic (exact) mass is 408 g/mol. The maximum Gasteiger partial charge on any atom is 0.263 e. The van der Waals surface area contributed by atoms with E-state index < -0.39 is 10.0 Å². The lowest BCUT2D eigenvalue weighted by atomic mass is 10.1. The summed E-state index contributed by atoms with van der Waals surface area (Å²) in [7, 11) is -1.98. The summed E-state index contributed by atoms with van der Waals surface area (Å²) >= 11 is 1.16. The Bertz CT molecular complexity index is 869. The number of rotatable bonds is 7. The molecule has 8 heteroatoms. The fourth-order valence-electron chi connectivity index (χ4n) is 3.09. The van der Waals surface area contributed by atoms with E-state index in [9.17, 15) is 13.2 Å². The molecule has 146 valence electrons. The molecule has 0 radical (unpaired) electrons. The largest absolute Gasteiger partial charge is 0.380 e. The number of hydrogen-bond donors (Lipinski definition) is 1. The lowest BCUT2D eigenvalue weighted by Gasteiger charge is -2.25. The van der Waals surface area contributed by atoms with Gasteiger partial charge in [-0.3, -0.25) is 4.79 Å². The van der Waals surface area contributed by atoms with Crippen LogP contribution in [0.25, 0.3) is 0 Å². The van der Waals surface area contributed by atoms with Crippen LogP contribution in [-0.4, -0.2) is 38.8 Å². The number of thiophene rings is 1. The zero-order valence-corrected chi connectivity index (χ0v) is 16.9. The lowest BCUT2D eigenvalue weighted by molar-refractivity contribution is 0.0952. The zero-order valence-electron chi connectivity index (χ0n) is 15.3. The second kappa shape index (κ2) is 8.97. The molecule has 3 rings (SSSR count). The van der Waals surface area contributed by atoms with Gasteiger partial charge >= 0.3 is 0 Å². The smallest absolute Gasteiger partial charge is 0.263 e. The molecule has 1 aromatic heterocycles. The first-order chi connectivity index (χ1) is 13.0. The minimum atomic E-state index is -3.62. The maximum atomic E-state index is 12.9. The van der Waals surface area contributed by atoms with Gasteiger partial charge in [-0.15, -0.1) is 11.3 Å². The standard InChI is InChI=1S/C19H24N2O4S2/c1-25-14-16-7-5-15(6-8-16)13-20-19(22)18-17(9-12-26-18)27(23,24)21-10-3-2-4-11-21/h5-9,12H,2-4,10-11,13-14H2,1H3,(H,20,22). The quantitative estimate of drug-likeness (QED) is 0.764. The van der Waals surface area contributed by atoms with Crippen molar-refractivity contribution < 1.29 is 17.9 Å². The van der Waals surface area contributed by atoms with Gasteiger partial charge < -0.3 is 10.1 Å².